The number of hydrogen-bond acceptors (Lipinski definition) is 2. The van der Waals surface area contributed by atoms with Crippen LogP contribution in [0.25, 0.3) is 0 Å². The topological polar surface area (TPSA) is 40.5 Å². The number of rotatable bonds is 3. The molecular weight excluding hydrogens is 250 g/mol. The first kappa shape index (κ1) is 15.0. The zero-order valence-corrected chi connectivity index (χ0v) is 12.9. The first-order chi connectivity index (χ1) is 9.36. The molecular formula is C17H25NO2. The van der Waals surface area contributed by atoms with Crippen molar-refractivity contribution in [2.45, 2.75) is 58.5 Å². The van der Waals surface area contributed by atoms with Gasteiger partial charge >= 0.3 is 5.97 Å². The molecule has 1 aliphatic heterocycles. The molecule has 3 heteroatoms. The minimum absolute atomic E-state index is 0.136. The van der Waals surface area contributed by atoms with Crippen molar-refractivity contribution in [3.63, 3.8) is 0 Å². The van der Waals surface area contributed by atoms with Gasteiger partial charge in [0.05, 0.1) is 0 Å². The van der Waals surface area contributed by atoms with Crippen molar-refractivity contribution in [3.05, 3.63) is 34.9 Å². The average Bonchev–Trinajstić information content (AvgIpc) is 2.38. The summed E-state index contributed by atoms with van der Waals surface area (Å²) in [4.78, 5) is 13.9. The molecule has 2 unspecified atom stereocenters. The molecule has 1 aliphatic rings. The summed E-state index contributed by atoms with van der Waals surface area (Å²) in [6, 6.07) is 6.57. The van der Waals surface area contributed by atoms with Gasteiger partial charge in [0.2, 0.25) is 0 Å². The molecule has 0 aromatic heterocycles. The van der Waals surface area contributed by atoms with E-state index < -0.39 is 11.5 Å². The van der Waals surface area contributed by atoms with E-state index in [2.05, 4.69) is 43.9 Å². The number of carbonyl (C=O) groups is 1. The van der Waals surface area contributed by atoms with Gasteiger partial charge in [-0.2, -0.15) is 0 Å². The lowest BCUT2D eigenvalue weighted by Gasteiger charge is -2.45. The summed E-state index contributed by atoms with van der Waals surface area (Å²) >= 11 is 0. The smallest absolute Gasteiger partial charge is 0.323 e. The van der Waals surface area contributed by atoms with E-state index in [9.17, 15) is 9.90 Å². The molecule has 3 nitrogen and oxygen atoms in total. The third-order valence-corrected chi connectivity index (χ3v) is 4.75. The van der Waals surface area contributed by atoms with Crippen LogP contribution in [-0.2, 0) is 4.79 Å². The maximum absolute atomic E-state index is 11.7. The molecule has 2 atom stereocenters. The number of benzene rings is 1. The largest absolute Gasteiger partial charge is 0.480 e. The normalized spacial score (nSPS) is 25.4. The Balaban J connectivity index is 2.35. The zero-order chi connectivity index (χ0) is 14.9. The molecule has 0 saturated carbocycles. The molecule has 0 amide bonds. The fraction of sp³-hybridized carbons (Fsp3) is 0.588. The number of hydrogen-bond donors (Lipinski definition) is 1. The molecule has 0 aliphatic carbocycles. The van der Waals surface area contributed by atoms with Gasteiger partial charge in [-0.15, -0.1) is 0 Å². The molecule has 1 aromatic rings. The van der Waals surface area contributed by atoms with Gasteiger partial charge in [-0.3, -0.25) is 9.69 Å². The average molecular weight is 275 g/mol. The number of aryl methyl sites for hydroxylation is 2. The van der Waals surface area contributed by atoms with Crippen molar-refractivity contribution in [2.75, 3.05) is 6.54 Å². The van der Waals surface area contributed by atoms with Crippen molar-refractivity contribution in [2.24, 2.45) is 0 Å². The summed E-state index contributed by atoms with van der Waals surface area (Å²) in [6.45, 7) is 9.06. The molecule has 0 bridgehead atoms. The van der Waals surface area contributed by atoms with E-state index in [-0.39, 0.29) is 6.04 Å². The highest BCUT2D eigenvalue weighted by molar-refractivity contribution is 5.78. The first-order valence-corrected chi connectivity index (χ1v) is 7.43. The van der Waals surface area contributed by atoms with Gasteiger partial charge in [-0.05, 0) is 64.6 Å². The Hall–Kier alpha value is -1.35. The third kappa shape index (κ3) is 2.59. The Bertz CT molecular complexity index is 512. The third-order valence-electron chi connectivity index (χ3n) is 4.75. The van der Waals surface area contributed by atoms with Crippen molar-refractivity contribution < 1.29 is 9.90 Å². The van der Waals surface area contributed by atoms with Crippen LogP contribution in [-0.4, -0.2) is 28.1 Å². The Morgan fingerprint density at radius 2 is 2.05 bits per heavy atom. The zero-order valence-electron chi connectivity index (χ0n) is 12.9. The molecule has 1 aromatic carbocycles. The van der Waals surface area contributed by atoms with Gasteiger partial charge in [-0.1, -0.05) is 23.8 Å². The molecule has 0 radical (unpaired) electrons. The van der Waals surface area contributed by atoms with Gasteiger partial charge in [0.25, 0.3) is 0 Å². The van der Waals surface area contributed by atoms with Crippen LogP contribution >= 0.6 is 0 Å². The molecule has 1 saturated heterocycles. The molecule has 1 fully saturated rings. The summed E-state index contributed by atoms with van der Waals surface area (Å²) < 4.78 is 0. The minimum atomic E-state index is -0.741. The van der Waals surface area contributed by atoms with Crippen LogP contribution in [0.5, 0.6) is 0 Å². The molecule has 2 rings (SSSR count). The van der Waals surface area contributed by atoms with Gasteiger partial charge in [0, 0.05) is 6.04 Å². The maximum atomic E-state index is 11.7. The van der Waals surface area contributed by atoms with E-state index in [0.717, 1.165) is 25.8 Å². The number of nitrogens with zero attached hydrogens (tertiary/aromatic N) is 1. The number of carboxylic acid groups (broad SMARTS) is 1. The molecule has 20 heavy (non-hydrogen) atoms. The fourth-order valence-electron chi connectivity index (χ4n) is 3.45. The molecule has 1 N–H and O–H groups in total. The second kappa shape index (κ2) is 5.57. The fourth-order valence-corrected chi connectivity index (χ4v) is 3.45. The van der Waals surface area contributed by atoms with Crippen molar-refractivity contribution >= 4 is 5.97 Å². The first-order valence-electron chi connectivity index (χ1n) is 7.43. The van der Waals surface area contributed by atoms with Crippen LogP contribution in [0, 0.1) is 13.8 Å². The highest BCUT2D eigenvalue weighted by Crippen LogP contribution is 2.36. The van der Waals surface area contributed by atoms with E-state index in [1.807, 2.05) is 6.92 Å². The number of carboxylic acids is 1. The Morgan fingerprint density at radius 1 is 1.35 bits per heavy atom. The Morgan fingerprint density at radius 3 is 2.65 bits per heavy atom. The summed E-state index contributed by atoms with van der Waals surface area (Å²) in [6.07, 6.45) is 2.81. The van der Waals surface area contributed by atoms with Crippen LogP contribution in [0.15, 0.2) is 18.2 Å². The van der Waals surface area contributed by atoms with Gasteiger partial charge in [-0.25, -0.2) is 0 Å². The minimum Gasteiger partial charge on any atom is -0.480 e. The standard InChI is InChI=1S/C17H25NO2/c1-12-7-8-15(13(2)11-12)14(3)18-10-6-5-9-17(18,4)16(19)20/h7-8,11,14H,5-6,9-10H2,1-4H3,(H,19,20). The van der Waals surface area contributed by atoms with Gasteiger partial charge in [0.1, 0.15) is 5.54 Å². The van der Waals surface area contributed by atoms with Crippen LogP contribution in [0.1, 0.15) is 55.8 Å². The highest BCUT2D eigenvalue weighted by Gasteiger charge is 2.43. The lowest BCUT2D eigenvalue weighted by molar-refractivity contribution is -0.155. The number of likely N-dealkylation sites (tertiary alicyclic amines) is 1. The van der Waals surface area contributed by atoms with Crippen LogP contribution in [0.4, 0.5) is 0 Å². The summed E-state index contributed by atoms with van der Waals surface area (Å²) in [5, 5.41) is 9.64. The van der Waals surface area contributed by atoms with E-state index in [1.165, 1.54) is 16.7 Å². The SMILES string of the molecule is Cc1ccc(C(C)N2CCCCC2(C)C(=O)O)c(C)c1. The van der Waals surface area contributed by atoms with Crippen molar-refractivity contribution in [3.8, 4) is 0 Å². The van der Waals surface area contributed by atoms with E-state index >= 15 is 0 Å². The predicted molar refractivity (Wildman–Crippen MR) is 80.9 cm³/mol. The lowest BCUT2D eigenvalue weighted by atomic mass is 9.85. The second-order valence-corrected chi connectivity index (χ2v) is 6.27. The van der Waals surface area contributed by atoms with Gasteiger partial charge < -0.3 is 5.11 Å². The van der Waals surface area contributed by atoms with E-state index in [0.29, 0.717) is 0 Å². The summed E-state index contributed by atoms with van der Waals surface area (Å²) in [7, 11) is 0. The molecule has 110 valence electrons. The summed E-state index contributed by atoms with van der Waals surface area (Å²) in [5.41, 5.74) is 2.99. The number of aliphatic carboxylic acids is 1. The van der Waals surface area contributed by atoms with E-state index in [1.54, 1.807) is 0 Å². The predicted octanol–water partition coefficient (Wildman–Crippen LogP) is 3.69. The Labute approximate surface area is 121 Å². The quantitative estimate of drug-likeness (QED) is 0.914. The van der Waals surface area contributed by atoms with Crippen LogP contribution < -0.4 is 0 Å². The molecule has 1 heterocycles. The number of piperidine rings is 1. The summed E-state index contributed by atoms with van der Waals surface area (Å²) in [5.74, 6) is -0.700. The monoisotopic (exact) mass is 275 g/mol. The van der Waals surface area contributed by atoms with Crippen molar-refractivity contribution in [1.82, 2.24) is 4.90 Å². The lowest BCUT2D eigenvalue weighted by Crippen LogP contribution is -2.55. The van der Waals surface area contributed by atoms with Crippen LogP contribution in [0.3, 0.4) is 0 Å². The van der Waals surface area contributed by atoms with Gasteiger partial charge in [0.15, 0.2) is 0 Å². The second-order valence-electron chi connectivity index (χ2n) is 6.27. The molecule has 0 spiro atoms. The highest BCUT2D eigenvalue weighted by atomic mass is 16.4. The van der Waals surface area contributed by atoms with E-state index in [4.69, 9.17) is 0 Å². The van der Waals surface area contributed by atoms with Crippen LogP contribution in [0.2, 0.25) is 0 Å². The Kier molecular flexibility index (Phi) is 4.19. The van der Waals surface area contributed by atoms with Crippen molar-refractivity contribution in [1.29, 1.82) is 0 Å². The maximum Gasteiger partial charge on any atom is 0.323 e.